The van der Waals surface area contributed by atoms with E-state index in [1.54, 1.807) is 7.11 Å². The predicted octanol–water partition coefficient (Wildman–Crippen LogP) is 2.42. The number of hydrogen-bond donors (Lipinski definition) is 2. The highest BCUT2D eigenvalue weighted by atomic mass is 127. The Kier molecular flexibility index (Phi) is 10.8. The number of rotatable bonds is 8. The largest absolute Gasteiger partial charge is 0.377 e. The molecule has 2 aliphatic heterocycles. The lowest BCUT2D eigenvalue weighted by Crippen LogP contribution is -2.48. The molecule has 0 saturated carbocycles. The second kappa shape index (κ2) is 12.8. The number of guanidine groups is 1. The standard InChI is InChI=1S/C21H39N7O.HI/c1-5-22-21(23-12-18-8-6-7-11-27(18)13-16(2)3)24-17-9-10-20-25-19(15-29-4)26-28(20)14-17;/h16-18H,5-15H2,1-4H3,(H2,22,23,24);1H. The van der Waals surface area contributed by atoms with Crippen molar-refractivity contribution >= 4 is 29.9 Å². The summed E-state index contributed by atoms with van der Waals surface area (Å²) in [5.41, 5.74) is 0. The van der Waals surface area contributed by atoms with Gasteiger partial charge >= 0.3 is 0 Å². The molecule has 3 heterocycles. The number of hydrogen-bond acceptors (Lipinski definition) is 5. The Morgan fingerprint density at radius 1 is 1.30 bits per heavy atom. The molecule has 1 aromatic rings. The molecular formula is C21H40IN7O. The summed E-state index contributed by atoms with van der Waals surface area (Å²) in [6, 6.07) is 0.877. The summed E-state index contributed by atoms with van der Waals surface area (Å²) in [6.07, 6.45) is 5.86. The Morgan fingerprint density at radius 3 is 2.87 bits per heavy atom. The third-order valence-corrected chi connectivity index (χ3v) is 5.67. The predicted molar refractivity (Wildman–Crippen MR) is 131 cm³/mol. The number of halogens is 1. The van der Waals surface area contributed by atoms with Gasteiger partial charge in [-0.15, -0.1) is 24.0 Å². The van der Waals surface area contributed by atoms with Gasteiger partial charge in [-0.05, 0) is 38.6 Å². The van der Waals surface area contributed by atoms with Crippen molar-refractivity contribution in [2.45, 2.75) is 78.1 Å². The lowest BCUT2D eigenvalue weighted by Gasteiger charge is -2.36. The Labute approximate surface area is 198 Å². The van der Waals surface area contributed by atoms with Crippen LogP contribution in [0.25, 0.3) is 0 Å². The topological polar surface area (TPSA) is 79.6 Å². The number of aromatic nitrogens is 3. The van der Waals surface area contributed by atoms with Crippen molar-refractivity contribution in [1.29, 1.82) is 0 Å². The molecule has 2 aliphatic rings. The molecule has 2 N–H and O–H groups in total. The second-order valence-corrected chi connectivity index (χ2v) is 8.70. The average Bonchev–Trinajstić information content (AvgIpc) is 3.09. The van der Waals surface area contributed by atoms with Gasteiger partial charge in [-0.2, -0.15) is 5.10 Å². The minimum Gasteiger partial charge on any atom is -0.377 e. The Hall–Kier alpha value is -0.940. The van der Waals surface area contributed by atoms with Crippen LogP contribution in [0.2, 0.25) is 0 Å². The van der Waals surface area contributed by atoms with Crippen LogP contribution >= 0.6 is 24.0 Å². The first-order chi connectivity index (χ1) is 14.1. The van der Waals surface area contributed by atoms with Gasteiger partial charge in [-0.25, -0.2) is 9.67 Å². The maximum Gasteiger partial charge on any atom is 0.191 e. The lowest BCUT2D eigenvalue weighted by atomic mass is 10.0. The summed E-state index contributed by atoms with van der Waals surface area (Å²) in [7, 11) is 1.68. The van der Waals surface area contributed by atoms with E-state index in [-0.39, 0.29) is 24.0 Å². The van der Waals surface area contributed by atoms with E-state index >= 15 is 0 Å². The summed E-state index contributed by atoms with van der Waals surface area (Å²) >= 11 is 0. The molecule has 30 heavy (non-hydrogen) atoms. The van der Waals surface area contributed by atoms with Crippen molar-refractivity contribution in [2.75, 3.05) is 33.3 Å². The van der Waals surface area contributed by atoms with Crippen LogP contribution in [0.15, 0.2) is 4.99 Å². The molecule has 0 aromatic carbocycles. The molecule has 1 saturated heterocycles. The van der Waals surface area contributed by atoms with Gasteiger partial charge in [0.2, 0.25) is 0 Å². The van der Waals surface area contributed by atoms with Gasteiger partial charge in [0.05, 0.1) is 13.1 Å². The number of ether oxygens (including phenoxy) is 1. The van der Waals surface area contributed by atoms with Gasteiger partial charge in [0.15, 0.2) is 11.8 Å². The van der Waals surface area contributed by atoms with Crippen molar-refractivity contribution in [3.8, 4) is 0 Å². The average molecular weight is 534 g/mol. The number of methoxy groups -OCH3 is 1. The van der Waals surface area contributed by atoms with Crippen molar-refractivity contribution in [1.82, 2.24) is 30.3 Å². The van der Waals surface area contributed by atoms with Crippen LogP contribution in [0, 0.1) is 5.92 Å². The Bertz CT molecular complexity index is 664. The van der Waals surface area contributed by atoms with E-state index in [0.717, 1.165) is 50.1 Å². The highest BCUT2D eigenvalue weighted by Gasteiger charge is 2.24. The number of piperidine rings is 1. The SMILES string of the molecule is CCNC(=NCC1CCCCN1CC(C)C)NC1CCc2nc(COC)nn2C1.I. The highest BCUT2D eigenvalue weighted by molar-refractivity contribution is 14.0. The molecule has 1 fully saturated rings. The van der Waals surface area contributed by atoms with Gasteiger partial charge in [0.25, 0.3) is 0 Å². The van der Waals surface area contributed by atoms with E-state index in [0.29, 0.717) is 24.6 Å². The fourth-order valence-electron chi connectivity index (χ4n) is 4.35. The molecule has 0 aliphatic carbocycles. The van der Waals surface area contributed by atoms with E-state index in [9.17, 15) is 0 Å². The maximum atomic E-state index is 5.16. The van der Waals surface area contributed by atoms with Gasteiger partial charge in [0.1, 0.15) is 12.4 Å². The van der Waals surface area contributed by atoms with Crippen molar-refractivity contribution in [2.24, 2.45) is 10.9 Å². The molecule has 0 spiro atoms. The smallest absolute Gasteiger partial charge is 0.191 e. The zero-order valence-electron chi connectivity index (χ0n) is 19.1. The van der Waals surface area contributed by atoms with E-state index in [4.69, 9.17) is 9.73 Å². The van der Waals surface area contributed by atoms with Crippen LogP contribution in [0.3, 0.4) is 0 Å². The minimum atomic E-state index is 0. The molecule has 1 aromatic heterocycles. The lowest BCUT2D eigenvalue weighted by molar-refractivity contribution is 0.137. The molecule has 0 radical (unpaired) electrons. The number of likely N-dealkylation sites (tertiary alicyclic amines) is 1. The number of aliphatic imine (C=N–C) groups is 1. The molecule has 172 valence electrons. The van der Waals surface area contributed by atoms with Gasteiger partial charge in [-0.1, -0.05) is 20.3 Å². The van der Waals surface area contributed by atoms with Crippen molar-refractivity contribution in [3.05, 3.63) is 11.6 Å². The summed E-state index contributed by atoms with van der Waals surface area (Å²) < 4.78 is 7.18. The Morgan fingerprint density at radius 2 is 2.13 bits per heavy atom. The first-order valence-electron chi connectivity index (χ1n) is 11.3. The van der Waals surface area contributed by atoms with Gasteiger partial charge in [0, 0.05) is 38.7 Å². The van der Waals surface area contributed by atoms with Crippen LogP contribution in [0.4, 0.5) is 0 Å². The summed E-state index contributed by atoms with van der Waals surface area (Å²) in [6.45, 7) is 12.1. The van der Waals surface area contributed by atoms with Crippen LogP contribution in [-0.2, 0) is 24.3 Å². The summed E-state index contributed by atoms with van der Waals surface area (Å²) in [5, 5.41) is 11.6. The monoisotopic (exact) mass is 533 g/mol. The number of fused-ring (bicyclic) bond motifs is 1. The molecule has 0 bridgehead atoms. The normalized spacial score (nSPS) is 22.5. The third-order valence-electron chi connectivity index (χ3n) is 5.67. The molecule has 3 rings (SSSR count). The van der Waals surface area contributed by atoms with Crippen LogP contribution in [0.5, 0.6) is 0 Å². The van der Waals surface area contributed by atoms with E-state index < -0.39 is 0 Å². The molecular weight excluding hydrogens is 493 g/mol. The third kappa shape index (κ3) is 7.33. The fraction of sp³-hybridized carbons (Fsp3) is 0.857. The quantitative estimate of drug-likeness (QED) is 0.304. The van der Waals surface area contributed by atoms with E-state index in [2.05, 4.69) is 46.4 Å². The van der Waals surface area contributed by atoms with E-state index in [1.807, 2.05) is 4.68 Å². The van der Waals surface area contributed by atoms with E-state index in [1.165, 1.54) is 32.4 Å². The highest BCUT2D eigenvalue weighted by Crippen LogP contribution is 2.19. The zero-order chi connectivity index (χ0) is 20.6. The zero-order valence-corrected chi connectivity index (χ0v) is 21.4. The minimum absolute atomic E-state index is 0. The number of aryl methyl sites for hydroxylation is 1. The number of nitrogens with zero attached hydrogens (tertiary/aromatic N) is 5. The molecule has 2 unspecified atom stereocenters. The van der Waals surface area contributed by atoms with Crippen molar-refractivity contribution < 1.29 is 4.74 Å². The van der Waals surface area contributed by atoms with Crippen LogP contribution < -0.4 is 10.6 Å². The molecule has 0 amide bonds. The summed E-state index contributed by atoms with van der Waals surface area (Å²) in [5.74, 6) is 3.45. The second-order valence-electron chi connectivity index (χ2n) is 8.70. The summed E-state index contributed by atoms with van der Waals surface area (Å²) in [4.78, 5) is 12.2. The molecule has 8 nitrogen and oxygen atoms in total. The van der Waals surface area contributed by atoms with Crippen LogP contribution in [0.1, 0.15) is 58.1 Å². The Balaban J connectivity index is 0.00000320. The fourth-order valence-corrected chi connectivity index (χ4v) is 4.35. The molecule has 9 heteroatoms. The number of nitrogens with one attached hydrogen (secondary N) is 2. The van der Waals surface area contributed by atoms with Crippen LogP contribution in [-0.4, -0.2) is 71.0 Å². The molecule has 2 atom stereocenters. The van der Waals surface area contributed by atoms with Gasteiger partial charge < -0.3 is 15.4 Å². The van der Waals surface area contributed by atoms with Gasteiger partial charge in [-0.3, -0.25) is 9.89 Å². The first kappa shape index (κ1) is 25.3. The van der Waals surface area contributed by atoms with Crippen molar-refractivity contribution in [3.63, 3.8) is 0 Å². The first-order valence-corrected chi connectivity index (χ1v) is 11.3. The maximum absolute atomic E-state index is 5.16.